The molecule has 4 nitrogen and oxygen atoms in total. The van der Waals surface area contributed by atoms with Crippen LogP contribution in [0, 0.1) is 11.8 Å². The van der Waals surface area contributed by atoms with Gasteiger partial charge in [0, 0.05) is 18.7 Å². The summed E-state index contributed by atoms with van der Waals surface area (Å²) in [7, 11) is 1.67. The Bertz CT molecular complexity index is 440. The molecule has 0 radical (unpaired) electrons. The smallest absolute Gasteiger partial charge is 0.227 e. The second-order valence-corrected chi connectivity index (χ2v) is 5.58. The minimum atomic E-state index is 0.129. The first-order valence-corrected chi connectivity index (χ1v) is 7.31. The molecule has 2 rings (SSSR count). The van der Waals surface area contributed by atoms with Crippen molar-refractivity contribution in [2.45, 2.75) is 32.3 Å². The summed E-state index contributed by atoms with van der Waals surface area (Å²) in [5.41, 5.74) is 7.60. The molecule has 1 aromatic rings. The fourth-order valence-electron chi connectivity index (χ4n) is 2.81. The summed E-state index contributed by atoms with van der Waals surface area (Å²) in [6.07, 6.45) is 4.04. The summed E-state index contributed by atoms with van der Waals surface area (Å²) in [5.74, 6) is 0.864. The first kappa shape index (κ1) is 15.0. The van der Waals surface area contributed by atoms with Gasteiger partial charge in [0.25, 0.3) is 0 Å². The van der Waals surface area contributed by atoms with Crippen molar-refractivity contribution in [3.63, 3.8) is 0 Å². The Morgan fingerprint density at radius 2 is 2.10 bits per heavy atom. The number of carbonyl (C=O) groups is 1. The molecule has 0 spiro atoms. The highest BCUT2D eigenvalue weighted by atomic mass is 16.5. The van der Waals surface area contributed by atoms with E-state index in [2.05, 4.69) is 5.32 Å². The lowest BCUT2D eigenvalue weighted by molar-refractivity contribution is -0.121. The molecule has 3 N–H and O–H groups in total. The number of nitrogens with two attached hydrogens (primary N) is 1. The molecule has 1 fully saturated rings. The molecule has 1 aromatic carbocycles. The van der Waals surface area contributed by atoms with Gasteiger partial charge in [-0.1, -0.05) is 12.1 Å². The van der Waals surface area contributed by atoms with Crippen LogP contribution in [0.5, 0.6) is 0 Å². The van der Waals surface area contributed by atoms with Gasteiger partial charge in [0.05, 0.1) is 6.61 Å². The molecule has 110 valence electrons. The van der Waals surface area contributed by atoms with Crippen LogP contribution >= 0.6 is 0 Å². The fourth-order valence-corrected chi connectivity index (χ4v) is 2.81. The van der Waals surface area contributed by atoms with E-state index in [1.54, 1.807) is 7.11 Å². The molecule has 1 aliphatic rings. The third-order valence-electron chi connectivity index (χ3n) is 4.06. The van der Waals surface area contributed by atoms with E-state index in [1.807, 2.05) is 24.3 Å². The number of carbonyl (C=O) groups excluding carboxylic acids is 1. The highest BCUT2D eigenvalue weighted by Gasteiger charge is 2.25. The molecular weight excluding hydrogens is 252 g/mol. The maximum absolute atomic E-state index is 12.3. The average Bonchev–Trinajstić information content (AvgIpc) is 2.48. The van der Waals surface area contributed by atoms with Crippen molar-refractivity contribution >= 4 is 11.6 Å². The molecule has 0 aliphatic heterocycles. The van der Waals surface area contributed by atoms with Gasteiger partial charge in [-0.15, -0.1) is 0 Å². The Labute approximate surface area is 120 Å². The van der Waals surface area contributed by atoms with Crippen LogP contribution in [0.25, 0.3) is 0 Å². The predicted octanol–water partition coefficient (Wildman–Crippen LogP) is 2.54. The van der Waals surface area contributed by atoms with Crippen molar-refractivity contribution < 1.29 is 9.53 Å². The standard InChI is InChI=1S/C16H24N2O2/c1-20-11-13-3-2-4-15(9-13)18-16(19)14-7-5-12(10-17)6-8-14/h2-4,9,12,14H,5-8,10-11,17H2,1H3,(H,18,19). The fraction of sp³-hybridized carbons (Fsp3) is 0.562. The molecule has 0 saturated heterocycles. The first-order chi connectivity index (χ1) is 9.72. The molecule has 0 aromatic heterocycles. The number of anilines is 1. The monoisotopic (exact) mass is 276 g/mol. The van der Waals surface area contributed by atoms with Gasteiger partial charge in [0.2, 0.25) is 5.91 Å². The quantitative estimate of drug-likeness (QED) is 0.868. The molecule has 0 unspecified atom stereocenters. The van der Waals surface area contributed by atoms with Crippen molar-refractivity contribution in [2.24, 2.45) is 17.6 Å². The summed E-state index contributed by atoms with van der Waals surface area (Å²) < 4.78 is 5.10. The zero-order valence-electron chi connectivity index (χ0n) is 12.1. The summed E-state index contributed by atoms with van der Waals surface area (Å²) in [4.78, 5) is 12.3. The summed E-state index contributed by atoms with van der Waals surface area (Å²) in [6, 6.07) is 7.82. The number of rotatable bonds is 5. The van der Waals surface area contributed by atoms with E-state index in [1.165, 1.54) is 0 Å². The largest absolute Gasteiger partial charge is 0.380 e. The normalized spacial score (nSPS) is 22.5. The minimum Gasteiger partial charge on any atom is -0.380 e. The Hall–Kier alpha value is -1.39. The number of methoxy groups -OCH3 is 1. The second-order valence-electron chi connectivity index (χ2n) is 5.58. The summed E-state index contributed by atoms with van der Waals surface area (Å²) >= 11 is 0. The lowest BCUT2D eigenvalue weighted by Gasteiger charge is -2.26. The van der Waals surface area contributed by atoms with E-state index in [9.17, 15) is 4.79 Å². The highest BCUT2D eigenvalue weighted by Crippen LogP contribution is 2.29. The summed E-state index contributed by atoms with van der Waals surface area (Å²) in [6.45, 7) is 1.30. The van der Waals surface area contributed by atoms with Crippen LogP contribution in [0.2, 0.25) is 0 Å². The number of hydrogen-bond acceptors (Lipinski definition) is 3. The lowest BCUT2D eigenvalue weighted by atomic mass is 9.81. The van der Waals surface area contributed by atoms with E-state index in [4.69, 9.17) is 10.5 Å². The maximum Gasteiger partial charge on any atom is 0.227 e. The number of nitrogens with one attached hydrogen (secondary N) is 1. The van der Waals surface area contributed by atoms with Gasteiger partial charge < -0.3 is 15.8 Å². The van der Waals surface area contributed by atoms with Crippen LogP contribution < -0.4 is 11.1 Å². The van der Waals surface area contributed by atoms with Crippen molar-refractivity contribution in [3.05, 3.63) is 29.8 Å². The number of ether oxygens (including phenoxy) is 1. The Kier molecular flexibility index (Phi) is 5.56. The second kappa shape index (κ2) is 7.41. The highest BCUT2D eigenvalue weighted by molar-refractivity contribution is 5.92. The number of benzene rings is 1. The van der Waals surface area contributed by atoms with Gasteiger partial charge in [-0.3, -0.25) is 4.79 Å². The predicted molar refractivity (Wildman–Crippen MR) is 80.3 cm³/mol. The number of hydrogen-bond donors (Lipinski definition) is 2. The first-order valence-electron chi connectivity index (χ1n) is 7.31. The summed E-state index contributed by atoms with van der Waals surface area (Å²) in [5, 5.41) is 3.02. The van der Waals surface area contributed by atoms with Gasteiger partial charge >= 0.3 is 0 Å². The van der Waals surface area contributed by atoms with Crippen LogP contribution in [-0.2, 0) is 16.1 Å². The van der Waals surface area contributed by atoms with Crippen LogP contribution in [0.1, 0.15) is 31.2 Å². The molecule has 1 saturated carbocycles. The van der Waals surface area contributed by atoms with E-state index >= 15 is 0 Å². The van der Waals surface area contributed by atoms with E-state index < -0.39 is 0 Å². The molecule has 0 bridgehead atoms. The van der Waals surface area contributed by atoms with E-state index in [-0.39, 0.29) is 11.8 Å². The molecule has 0 heterocycles. The molecule has 20 heavy (non-hydrogen) atoms. The van der Waals surface area contributed by atoms with Crippen LogP contribution in [0.15, 0.2) is 24.3 Å². The van der Waals surface area contributed by atoms with E-state index in [0.29, 0.717) is 12.5 Å². The SMILES string of the molecule is COCc1cccc(NC(=O)C2CCC(CN)CC2)c1. The zero-order valence-corrected chi connectivity index (χ0v) is 12.1. The minimum absolute atomic E-state index is 0.129. The van der Waals surface area contributed by atoms with Gasteiger partial charge in [-0.2, -0.15) is 0 Å². The molecule has 1 amide bonds. The van der Waals surface area contributed by atoms with Crippen LogP contribution in [0.4, 0.5) is 5.69 Å². The average molecular weight is 276 g/mol. The topological polar surface area (TPSA) is 64.3 Å². The van der Waals surface area contributed by atoms with E-state index in [0.717, 1.165) is 43.5 Å². The van der Waals surface area contributed by atoms with Crippen molar-refractivity contribution in [3.8, 4) is 0 Å². The van der Waals surface area contributed by atoms with Gasteiger partial charge in [-0.25, -0.2) is 0 Å². The maximum atomic E-state index is 12.3. The number of amides is 1. The van der Waals surface area contributed by atoms with Gasteiger partial charge in [0.1, 0.15) is 0 Å². The Morgan fingerprint density at radius 3 is 2.75 bits per heavy atom. The lowest BCUT2D eigenvalue weighted by Crippen LogP contribution is -2.29. The zero-order chi connectivity index (χ0) is 14.4. The molecule has 0 atom stereocenters. The van der Waals surface area contributed by atoms with Crippen LogP contribution in [-0.4, -0.2) is 19.6 Å². The van der Waals surface area contributed by atoms with Crippen LogP contribution in [0.3, 0.4) is 0 Å². The van der Waals surface area contributed by atoms with Gasteiger partial charge in [-0.05, 0) is 55.8 Å². The van der Waals surface area contributed by atoms with Crippen molar-refractivity contribution in [1.29, 1.82) is 0 Å². The molecular formula is C16H24N2O2. The Balaban J connectivity index is 1.89. The Morgan fingerprint density at radius 1 is 1.35 bits per heavy atom. The van der Waals surface area contributed by atoms with Crippen molar-refractivity contribution in [2.75, 3.05) is 19.0 Å². The molecule has 1 aliphatic carbocycles. The molecule has 4 heteroatoms. The van der Waals surface area contributed by atoms with Gasteiger partial charge in [0.15, 0.2) is 0 Å². The third kappa shape index (κ3) is 4.05. The van der Waals surface area contributed by atoms with Crippen molar-refractivity contribution in [1.82, 2.24) is 0 Å². The third-order valence-corrected chi connectivity index (χ3v) is 4.06.